The van der Waals surface area contributed by atoms with E-state index in [1.54, 1.807) is 0 Å². The molecule has 3 nitrogen and oxygen atoms in total. The molecule has 0 unspecified atom stereocenters. The first kappa shape index (κ1) is 16.3. The fourth-order valence-electron chi connectivity index (χ4n) is 1.78. The zero-order valence-electron chi connectivity index (χ0n) is 10.7. The van der Waals surface area contributed by atoms with Crippen molar-refractivity contribution in [1.82, 2.24) is 4.98 Å². The highest BCUT2D eigenvalue weighted by Gasteiger charge is 2.38. The van der Waals surface area contributed by atoms with Crippen molar-refractivity contribution in [2.45, 2.75) is 32.9 Å². The van der Waals surface area contributed by atoms with Crippen LogP contribution in [0.3, 0.4) is 0 Å². The van der Waals surface area contributed by atoms with Gasteiger partial charge in [-0.05, 0) is 19.4 Å². The molecule has 20 heavy (non-hydrogen) atoms. The Bertz CT molecular complexity index is 499. The monoisotopic (exact) mass is 297 g/mol. The average molecular weight is 297 g/mol. The number of hydrogen-bond acceptors (Lipinski definition) is 3. The smallest absolute Gasteiger partial charge is 0.418 e. The van der Waals surface area contributed by atoms with E-state index < -0.39 is 47.4 Å². The van der Waals surface area contributed by atoms with Gasteiger partial charge in [0.15, 0.2) is 0 Å². The third-order valence-electron chi connectivity index (χ3n) is 2.55. The highest BCUT2D eigenvalue weighted by molar-refractivity contribution is 5.74. The van der Waals surface area contributed by atoms with E-state index in [0.29, 0.717) is 6.20 Å². The van der Waals surface area contributed by atoms with Gasteiger partial charge in [0.05, 0.1) is 18.6 Å². The first-order chi connectivity index (χ1) is 9.18. The van der Waals surface area contributed by atoms with E-state index in [1.807, 2.05) is 0 Å². The molecule has 0 N–H and O–H groups in total. The summed E-state index contributed by atoms with van der Waals surface area (Å²) in [7, 11) is 0. The van der Waals surface area contributed by atoms with Crippen molar-refractivity contribution in [3.05, 3.63) is 28.6 Å². The van der Waals surface area contributed by atoms with Crippen LogP contribution in [0.2, 0.25) is 0 Å². The number of pyridine rings is 1. The van der Waals surface area contributed by atoms with Crippen molar-refractivity contribution in [1.29, 1.82) is 0 Å². The number of alkyl halides is 5. The van der Waals surface area contributed by atoms with Crippen LogP contribution >= 0.6 is 0 Å². The number of ether oxygens (including phenoxy) is 1. The molecular formula is C12H12F5NO2. The maximum absolute atomic E-state index is 13.0. The predicted molar refractivity (Wildman–Crippen MR) is 59.3 cm³/mol. The molecule has 0 aliphatic heterocycles. The van der Waals surface area contributed by atoms with E-state index in [0.717, 1.165) is 6.92 Å². The third kappa shape index (κ3) is 3.64. The molecule has 0 fully saturated rings. The Kier molecular flexibility index (Phi) is 5.02. The van der Waals surface area contributed by atoms with Gasteiger partial charge in [-0.25, -0.2) is 8.78 Å². The van der Waals surface area contributed by atoms with Gasteiger partial charge in [-0.1, -0.05) is 0 Å². The number of nitrogens with zero attached hydrogens (tertiary/aromatic N) is 1. The fraction of sp³-hybridized carbons (Fsp3) is 0.500. The molecule has 1 aromatic rings. The quantitative estimate of drug-likeness (QED) is 0.631. The molecule has 1 heterocycles. The van der Waals surface area contributed by atoms with Crippen LogP contribution in [0.15, 0.2) is 6.20 Å². The topological polar surface area (TPSA) is 39.2 Å². The number of aromatic nitrogens is 1. The molecule has 0 aliphatic carbocycles. The average Bonchev–Trinajstić information content (AvgIpc) is 2.26. The summed E-state index contributed by atoms with van der Waals surface area (Å²) in [5.41, 5.74) is -3.45. The maximum atomic E-state index is 13.0. The summed E-state index contributed by atoms with van der Waals surface area (Å²) in [6.07, 6.45) is -8.24. The van der Waals surface area contributed by atoms with Gasteiger partial charge in [-0.2, -0.15) is 13.2 Å². The molecule has 0 amide bonds. The van der Waals surface area contributed by atoms with Gasteiger partial charge >= 0.3 is 12.1 Å². The molecule has 0 bridgehead atoms. The van der Waals surface area contributed by atoms with E-state index in [-0.39, 0.29) is 6.61 Å². The van der Waals surface area contributed by atoms with E-state index >= 15 is 0 Å². The zero-order valence-corrected chi connectivity index (χ0v) is 10.7. The number of rotatable bonds is 4. The van der Waals surface area contributed by atoms with Gasteiger partial charge in [0, 0.05) is 17.5 Å². The van der Waals surface area contributed by atoms with Crippen molar-refractivity contribution in [2.75, 3.05) is 6.61 Å². The van der Waals surface area contributed by atoms with Crippen LogP contribution < -0.4 is 0 Å². The van der Waals surface area contributed by atoms with Gasteiger partial charge in [0.1, 0.15) is 0 Å². The maximum Gasteiger partial charge on any atom is 0.418 e. The van der Waals surface area contributed by atoms with Gasteiger partial charge in [-0.15, -0.1) is 0 Å². The normalized spacial score (nSPS) is 11.8. The van der Waals surface area contributed by atoms with Crippen LogP contribution in [0.5, 0.6) is 0 Å². The molecule has 8 heteroatoms. The summed E-state index contributed by atoms with van der Waals surface area (Å²) < 4.78 is 69.0. The van der Waals surface area contributed by atoms with Crippen LogP contribution in [0.1, 0.15) is 35.7 Å². The summed E-state index contributed by atoms with van der Waals surface area (Å²) in [6.45, 7) is 2.47. The van der Waals surface area contributed by atoms with Crippen molar-refractivity contribution in [2.24, 2.45) is 0 Å². The van der Waals surface area contributed by atoms with Crippen LogP contribution in [-0.4, -0.2) is 17.6 Å². The fourth-order valence-corrected chi connectivity index (χ4v) is 1.78. The van der Waals surface area contributed by atoms with Crippen molar-refractivity contribution in [3.8, 4) is 0 Å². The summed E-state index contributed by atoms with van der Waals surface area (Å²) in [5, 5.41) is 0. The number of esters is 1. The second-order valence-electron chi connectivity index (χ2n) is 3.93. The number of aryl methyl sites for hydroxylation is 1. The Hall–Kier alpha value is -1.73. The van der Waals surface area contributed by atoms with E-state index in [1.165, 1.54) is 6.92 Å². The number of carbonyl (C=O) groups is 1. The molecule has 112 valence electrons. The Balaban J connectivity index is 3.41. The molecule has 0 saturated carbocycles. The lowest BCUT2D eigenvalue weighted by Gasteiger charge is -2.17. The van der Waals surface area contributed by atoms with Crippen LogP contribution in [0.25, 0.3) is 0 Å². The minimum atomic E-state index is -4.87. The van der Waals surface area contributed by atoms with Crippen LogP contribution in [0, 0.1) is 6.92 Å². The van der Waals surface area contributed by atoms with Gasteiger partial charge in [0.2, 0.25) is 0 Å². The molecule has 1 rings (SSSR count). The summed E-state index contributed by atoms with van der Waals surface area (Å²) >= 11 is 0. The molecule has 0 aromatic carbocycles. The Labute approximate surface area is 111 Å². The molecule has 0 radical (unpaired) electrons. The molecule has 0 saturated heterocycles. The molecular weight excluding hydrogens is 285 g/mol. The van der Waals surface area contributed by atoms with E-state index in [2.05, 4.69) is 9.72 Å². The lowest BCUT2D eigenvalue weighted by Crippen LogP contribution is -2.19. The van der Waals surface area contributed by atoms with E-state index in [4.69, 9.17) is 0 Å². The minimum Gasteiger partial charge on any atom is -0.466 e. The second kappa shape index (κ2) is 6.15. The molecule has 1 aromatic heterocycles. The predicted octanol–water partition coefficient (Wildman–Crippen LogP) is 3.45. The lowest BCUT2D eigenvalue weighted by atomic mass is 9.98. The lowest BCUT2D eigenvalue weighted by molar-refractivity contribution is -0.143. The highest BCUT2D eigenvalue weighted by Crippen LogP contribution is 2.37. The SMILES string of the molecule is CCOC(=O)Cc1c(C(F)F)cnc(C)c1C(F)(F)F. The van der Waals surface area contributed by atoms with Gasteiger partial charge < -0.3 is 4.74 Å². The summed E-state index contributed by atoms with van der Waals surface area (Å²) in [6, 6.07) is 0. The van der Waals surface area contributed by atoms with Crippen molar-refractivity contribution >= 4 is 5.97 Å². The number of carbonyl (C=O) groups excluding carboxylic acids is 1. The second-order valence-corrected chi connectivity index (χ2v) is 3.93. The molecule has 0 spiro atoms. The number of halogens is 5. The highest BCUT2D eigenvalue weighted by atomic mass is 19.4. The van der Waals surface area contributed by atoms with Crippen molar-refractivity contribution < 1.29 is 31.5 Å². The first-order valence-corrected chi connectivity index (χ1v) is 5.67. The standard InChI is InChI=1S/C12H12F5NO2/c1-3-20-9(19)4-7-8(11(13)14)5-18-6(2)10(7)12(15,16)17/h5,11H,3-4H2,1-2H3. The molecule has 0 atom stereocenters. The van der Waals surface area contributed by atoms with Crippen LogP contribution in [-0.2, 0) is 22.1 Å². The first-order valence-electron chi connectivity index (χ1n) is 5.67. The Morgan fingerprint density at radius 3 is 2.45 bits per heavy atom. The van der Waals surface area contributed by atoms with Gasteiger partial charge in [-0.3, -0.25) is 9.78 Å². The Morgan fingerprint density at radius 2 is 2.00 bits per heavy atom. The molecule has 0 aliphatic rings. The summed E-state index contributed by atoms with van der Waals surface area (Å²) in [4.78, 5) is 14.7. The largest absolute Gasteiger partial charge is 0.466 e. The summed E-state index contributed by atoms with van der Waals surface area (Å²) in [5.74, 6) is -0.995. The number of hydrogen-bond donors (Lipinski definition) is 0. The van der Waals surface area contributed by atoms with E-state index in [9.17, 15) is 26.7 Å². The minimum absolute atomic E-state index is 0.0474. The zero-order chi connectivity index (χ0) is 15.5. The Morgan fingerprint density at radius 1 is 1.40 bits per heavy atom. The third-order valence-corrected chi connectivity index (χ3v) is 2.55. The van der Waals surface area contributed by atoms with Crippen LogP contribution in [0.4, 0.5) is 22.0 Å². The van der Waals surface area contributed by atoms with Crippen molar-refractivity contribution in [3.63, 3.8) is 0 Å². The van der Waals surface area contributed by atoms with Gasteiger partial charge in [0.25, 0.3) is 6.43 Å².